The normalized spacial score (nSPS) is 14.5. The van der Waals surface area contributed by atoms with Gasteiger partial charge in [0.05, 0.1) is 6.57 Å². The van der Waals surface area contributed by atoms with Crippen molar-refractivity contribution in [2.75, 3.05) is 0 Å². The number of nitrogens with zero attached hydrogens (tertiary/aromatic N) is 4. The first-order valence-corrected chi connectivity index (χ1v) is 15.4. The molecule has 4 heteroatoms. The minimum Gasteiger partial charge on any atom is -0.238 e. The number of benzene rings is 5. The van der Waals surface area contributed by atoms with E-state index in [4.69, 9.17) is 21.5 Å². The fourth-order valence-corrected chi connectivity index (χ4v) is 7.19. The van der Waals surface area contributed by atoms with Crippen LogP contribution < -0.4 is 0 Å². The molecule has 0 bridgehead atoms. The molecule has 0 aliphatic heterocycles. The Morgan fingerprint density at radius 1 is 0.477 bits per heavy atom. The first kappa shape index (κ1) is 26.2. The van der Waals surface area contributed by atoms with E-state index in [1.807, 2.05) is 42.5 Å². The van der Waals surface area contributed by atoms with Crippen LogP contribution in [0.1, 0.15) is 43.2 Å². The summed E-state index contributed by atoms with van der Waals surface area (Å²) in [6, 6.07) is 42.0. The zero-order valence-corrected chi connectivity index (χ0v) is 24.4. The zero-order chi connectivity index (χ0) is 29.5. The van der Waals surface area contributed by atoms with Crippen molar-refractivity contribution < 1.29 is 0 Å². The van der Waals surface area contributed by atoms with Crippen LogP contribution in [-0.2, 0) is 5.41 Å². The minimum atomic E-state index is -0.0229. The third-order valence-corrected chi connectivity index (χ3v) is 9.36. The van der Waals surface area contributed by atoms with Gasteiger partial charge in [-0.1, -0.05) is 128 Å². The molecule has 0 saturated heterocycles. The molecule has 1 spiro atoms. The smallest absolute Gasteiger partial charge is 0.187 e. The second-order valence-electron chi connectivity index (χ2n) is 11.9. The Morgan fingerprint density at radius 2 is 1.02 bits per heavy atom. The topological polar surface area (TPSA) is 43.0 Å². The number of hydrogen-bond acceptors (Lipinski definition) is 3. The van der Waals surface area contributed by atoms with Gasteiger partial charge in [0, 0.05) is 22.1 Å². The average Bonchev–Trinajstić information content (AvgIpc) is 3.36. The molecule has 0 radical (unpaired) electrons. The lowest BCUT2D eigenvalue weighted by Gasteiger charge is -2.36. The van der Waals surface area contributed by atoms with Crippen molar-refractivity contribution in [1.82, 2.24) is 15.0 Å². The SMILES string of the molecule is [C-]#[N+]c1ccc2c(c1)-c1ccc(-c3nc(-c4ccccc4)nc(-c4ccc(-c5ccccc5)cc4)n3)cc1C21CCCCC1. The van der Waals surface area contributed by atoms with Gasteiger partial charge >= 0.3 is 0 Å². The standard InChI is InChI=1S/C40H30N4/c1-41-32-20-22-35-34(26-32)33-21-19-31(25-36(33)40(35)23-9-4-10-24-40)39-43-37(29-13-7-3-8-14-29)42-38(44-39)30-17-15-28(16-18-30)27-11-5-2-6-12-27/h2-3,5-8,11-22,25-26H,4,9-10,23-24H2. The Labute approximate surface area is 258 Å². The van der Waals surface area contributed by atoms with Crippen LogP contribution in [0, 0.1) is 6.57 Å². The van der Waals surface area contributed by atoms with Crippen LogP contribution in [0.2, 0.25) is 0 Å². The van der Waals surface area contributed by atoms with E-state index in [2.05, 4.69) is 83.7 Å². The molecule has 1 heterocycles. The lowest BCUT2D eigenvalue weighted by atomic mass is 9.67. The molecule has 4 nitrogen and oxygen atoms in total. The Kier molecular flexibility index (Phi) is 6.38. The molecule has 1 aromatic heterocycles. The van der Waals surface area contributed by atoms with E-state index < -0.39 is 0 Å². The molecule has 210 valence electrons. The summed E-state index contributed by atoms with van der Waals surface area (Å²) in [7, 11) is 0. The van der Waals surface area contributed by atoms with Crippen LogP contribution in [-0.4, -0.2) is 15.0 Å². The number of fused-ring (bicyclic) bond motifs is 5. The molecular formula is C40H30N4. The predicted octanol–water partition coefficient (Wildman–Crippen LogP) is 10.3. The summed E-state index contributed by atoms with van der Waals surface area (Å²) in [6.45, 7) is 7.61. The second kappa shape index (κ2) is 10.7. The first-order chi connectivity index (χ1) is 21.7. The number of hydrogen-bond donors (Lipinski definition) is 0. The molecule has 0 unspecified atom stereocenters. The molecule has 1 fully saturated rings. The van der Waals surface area contributed by atoms with Crippen molar-refractivity contribution in [3.05, 3.63) is 144 Å². The highest BCUT2D eigenvalue weighted by Crippen LogP contribution is 2.56. The highest BCUT2D eigenvalue weighted by Gasteiger charge is 2.43. The van der Waals surface area contributed by atoms with Gasteiger partial charge in [-0.2, -0.15) is 0 Å². The van der Waals surface area contributed by atoms with Gasteiger partial charge in [0.2, 0.25) is 0 Å². The summed E-state index contributed by atoms with van der Waals surface area (Å²) in [5.41, 5.74) is 11.1. The summed E-state index contributed by atoms with van der Waals surface area (Å²) in [4.78, 5) is 18.8. The van der Waals surface area contributed by atoms with Crippen LogP contribution in [0.25, 0.3) is 61.3 Å². The van der Waals surface area contributed by atoms with Gasteiger partial charge in [0.15, 0.2) is 23.2 Å². The van der Waals surface area contributed by atoms with Crippen molar-refractivity contribution in [3.8, 4) is 56.4 Å². The first-order valence-electron chi connectivity index (χ1n) is 15.4. The summed E-state index contributed by atoms with van der Waals surface area (Å²) in [6.07, 6.45) is 5.94. The van der Waals surface area contributed by atoms with Gasteiger partial charge in [-0.3, -0.25) is 0 Å². The van der Waals surface area contributed by atoms with Crippen LogP contribution >= 0.6 is 0 Å². The molecule has 44 heavy (non-hydrogen) atoms. The van der Waals surface area contributed by atoms with Crippen molar-refractivity contribution in [2.45, 2.75) is 37.5 Å². The highest BCUT2D eigenvalue weighted by atomic mass is 15.0. The summed E-state index contributed by atoms with van der Waals surface area (Å²) in [5.74, 6) is 1.99. The minimum absolute atomic E-state index is 0.0229. The van der Waals surface area contributed by atoms with E-state index in [1.54, 1.807) is 0 Å². The van der Waals surface area contributed by atoms with E-state index in [1.165, 1.54) is 47.1 Å². The molecule has 0 amide bonds. The summed E-state index contributed by atoms with van der Waals surface area (Å²) in [5, 5.41) is 0. The van der Waals surface area contributed by atoms with Gasteiger partial charge in [-0.25, -0.2) is 19.8 Å². The molecule has 8 rings (SSSR count). The molecule has 0 atom stereocenters. The quantitative estimate of drug-likeness (QED) is 0.199. The third-order valence-electron chi connectivity index (χ3n) is 9.36. The van der Waals surface area contributed by atoms with Crippen LogP contribution in [0.3, 0.4) is 0 Å². The highest BCUT2D eigenvalue weighted by molar-refractivity contribution is 5.85. The summed E-state index contributed by atoms with van der Waals surface area (Å²) < 4.78 is 0. The monoisotopic (exact) mass is 566 g/mol. The van der Waals surface area contributed by atoms with Crippen LogP contribution in [0.5, 0.6) is 0 Å². The lowest BCUT2D eigenvalue weighted by molar-refractivity contribution is 0.353. The summed E-state index contributed by atoms with van der Waals surface area (Å²) >= 11 is 0. The largest absolute Gasteiger partial charge is 0.238 e. The van der Waals surface area contributed by atoms with E-state index >= 15 is 0 Å². The van der Waals surface area contributed by atoms with Gasteiger partial charge in [0.25, 0.3) is 0 Å². The van der Waals surface area contributed by atoms with Crippen molar-refractivity contribution in [3.63, 3.8) is 0 Å². The Hall–Kier alpha value is -5.40. The Balaban J connectivity index is 1.27. The average molecular weight is 567 g/mol. The molecular weight excluding hydrogens is 536 g/mol. The van der Waals surface area contributed by atoms with E-state index in [0.29, 0.717) is 23.2 Å². The molecule has 1 saturated carbocycles. The zero-order valence-electron chi connectivity index (χ0n) is 24.4. The fraction of sp³-hybridized carbons (Fsp3) is 0.150. The number of aromatic nitrogens is 3. The van der Waals surface area contributed by atoms with Gasteiger partial charge < -0.3 is 0 Å². The lowest BCUT2D eigenvalue weighted by Crippen LogP contribution is -2.28. The molecule has 0 N–H and O–H groups in total. The molecule has 2 aliphatic rings. The Morgan fingerprint density at radius 3 is 1.68 bits per heavy atom. The molecule has 6 aromatic rings. The molecule has 2 aliphatic carbocycles. The van der Waals surface area contributed by atoms with Gasteiger partial charge in [-0.05, 0) is 58.4 Å². The second-order valence-corrected chi connectivity index (χ2v) is 11.9. The fourth-order valence-electron chi connectivity index (χ4n) is 7.19. The number of rotatable bonds is 4. The van der Waals surface area contributed by atoms with E-state index in [-0.39, 0.29) is 5.41 Å². The molecule has 5 aromatic carbocycles. The van der Waals surface area contributed by atoms with E-state index in [0.717, 1.165) is 35.1 Å². The predicted molar refractivity (Wildman–Crippen MR) is 177 cm³/mol. The van der Waals surface area contributed by atoms with Crippen LogP contribution in [0.4, 0.5) is 5.69 Å². The van der Waals surface area contributed by atoms with Gasteiger partial charge in [-0.15, -0.1) is 0 Å². The maximum absolute atomic E-state index is 7.61. The van der Waals surface area contributed by atoms with Crippen molar-refractivity contribution in [2.24, 2.45) is 0 Å². The van der Waals surface area contributed by atoms with Gasteiger partial charge in [0.1, 0.15) is 0 Å². The Bertz CT molecular complexity index is 2030. The maximum atomic E-state index is 7.61. The van der Waals surface area contributed by atoms with Crippen molar-refractivity contribution in [1.29, 1.82) is 0 Å². The van der Waals surface area contributed by atoms with E-state index in [9.17, 15) is 0 Å². The van der Waals surface area contributed by atoms with Crippen LogP contribution in [0.15, 0.2) is 121 Å². The maximum Gasteiger partial charge on any atom is 0.187 e. The third kappa shape index (κ3) is 4.41. The van der Waals surface area contributed by atoms with Crippen molar-refractivity contribution >= 4 is 5.69 Å².